The minimum absolute atomic E-state index is 0.222. The van der Waals surface area contributed by atoms with Crippen LogP contribution in [0.4, 0.5) is 15.8 Å². The first-order chi connectivity index (χ1) is 11.3. The third-order valence-electron chi connectivity index (χ3n) is 3.80. The number of thiophene rings is 1. The van der Waals surface area contributed by atoms with Gasteiger partial charge in [-0.3, -0.25) is 4.72 Å². The summed E-state index contributed by atoms with van der Waals surface area (Å²) in [6, 6.07) is 5.88. The van der Waals surface area contributed by atoms with Crippen LogP contribution in [0.3, 0.4) is 0 Å². The highest BCUT2D eigenvalue weighted by Gasteiger charge is 2.20. The molecule has 0 unspecified atom stereocenters. The zero-order chi connectivity index (χ0) is 17.3. The first-order valence-corrected chi connectivity index (χ1v) is 9.88. The van der Waals surface area contributed by atoms with Crippen molar-refractivity contribution in [2.45, 2.75) is 18.7 Å². The standard InChI is InChI=1S/C16H19FN2O3S2/c1-11-7-16(12(2)23-11)24(20,21)18-14-8-13(17)9-15(10-14)19-3-5-22-6-4-19/h7-10,18H,3-6H2,1-2H3. The lowest BCUT2D eigenvalue weighted by Crippen LogP contribution is -2.36. The molecule has 2 aromatic rings. The van der Waals surface area contributed by atoms with Gasteiger partial charge >= 0.3 is 0 Å². The van der Waals surface area contributed by atoms with Crippen molar-refractivity contribution in [3.8, 4) is 0 Å². The number of sulfonamides is 1. The highest BCUT2D eigenvalue weighted by Crippen LogP contribution is 2.29. The first kappa shape index (κ1) is 17.2. The molecule has 1 saturated heterocycles. The van der Waals surface area contributed by atoms with Gasteiger partial charge < -0.3 is 9.64 Å². The van der Waals surface area contributed by atoms with Gasteiger partial charge in [0.25, 0.3) is 10.0 Å². The van der Waals surface area contributed by atoms with Crippen LogP contribution in [0.15, 0.2) is 29.2 Å². The molecule has 0 aliphatic carbocycles. The number of ether oxygens (including phenoxy) is 1. The molecule has 0 amide bonds. The molecule has 0 saturated carbocycles. The maximum absolute atomic E-state index is 14.0. The number of rotatable bonds is 4. The number of hydrogen-bond acceptors (Lipinski definition) is 5. The van der Waals surface area contributed by atoms with Crippen LogP contribution in [0.1, 0.15) is 9.75 Å². The van der Waals surface area contributed by atoms with E-state index in [0.29, 0.717) is 36.9 Å². The molecule has 8 heteroatoms. The van der Waals surface area contributed by atoms with Crippen LogP contribution in [0.2, 0.25) is 0 Å². The largest absolute Gasteiger partial charge is 0.378 e. The molecule has 1 aromatic carbocycles. The molecular weight excluding hydrogens is 351 g/mol. The molecule has 1 N–H and O–H groups in total. The number of benzene rings is 1. The summed E-state index contributed by atoms with van der Waals surface area (Å²) in [5.41, 5.74) is 0.869. The van der Waals surface area contributed by atoms with E-state index in [0.717, 1.165) is 4.88 Å². The molecule has 3 rings (SSSR count). The average molecular weight is 370 g/mol. The number of halogens is 1. The summed E-state index contributed by atoms with van der Waals surface area (Å²) in [4.78, 5) is 3.85. The lowest BCUT2D eigenvalue weighted by Gasteiger charge is -2.29. The summed E-state index contributed by atoms with van der Waals surface area (Å²) in [5.74, 6) is -0.477. The fraction of sp³-hybridized carbons (Fsp3) is 0.375. The number of nitrogens with zero attached hydrogens (tertiary/aromatic N) is 1. The summed E-state index contributed by atoms with van der Waals surface area (Å²) >= 11 is 1.42. The highest BCUT2D eigenvalue weighted by molar-refractivity contribution is 7.93. The van der Waals surface area contributed by atoms with Crippen LogP contribution in [0.5, 0.6) is 0 Å². The zero-order valence-electron chi connectivity index (χ0n) is 13.5. The number of morpholine rings is 1. The van der Waals surface area contributed by atoms with Crippen LogP contribution in [0.25, 0.3) is 0 Å². The van der Waals surface area contributed by atoms with Gasteiger partial charge in [-0.05, 0) is 38.1 Å². The van der Waals surface area contributed by atoms with Gasteiger partial charge in [0.2, 0.25) is 0 Å². The second-order valence-electron chi connectivity index (χ2n) is 5.68. The molecule has 1 aliphatic heterocycles. The number of aryl methyl sites for hydroxylation is 2. The summed E-state index contributed by atoms with van der Waals surface area (Å²) in [6.45, 7) is 6.07. The Morgan fingerprint density at radius 2 is 1.88 bits per heavy atom. The zero-order valence-corrected chi connectivity index (χ0v) is 15.1. The number of hydrogen-bond donors (Lipinski definition) is 1. The molecule has 130 valence electrons. The van der Waals surface area contributed by atoms with Gasteiger partial charge in [0.05, 0.1) is 18.9 Å². The van der Waals surface area contributed by atoms with Crippen LogP contribution in [-0.2, 0) is 14.8 Å². The Balaban J connectivity index is 1.89. The molecule has 24 heavy (non-hydrogen) atoms. The van der Waals surface area contributed by atoms with Crippen molar-refractivity contribution in [1.82, 2.24) is 0 Å². The predicted molar refractivity (Wildman–Crippen MR) is 94.0 cm³/mol. The van der Waals surface area contributed by atoms with E-state index in [9.17, 15) is 12.8 Å². The Kier molecular flexibility index (Phi) is 4.80. The SMILES string of the molecule is Cc1cc(S(=O)(=O)Nc2cc(F)cc(N3CCOCC3)c2)c(C)s1. The predicted octanol–water partition coefficient (Wildman–Crippen LogP) is 3.14. The van der Waals surface area contributed by atoms with Gasteiger partial charge in [-0.1, -0.05) is 0 Å². The Labute approximate surface area is 145 Å². The van der Waals surface area contributed by atoms with Crippen molar-refractivity contribution in [3.63, 3.8) is 0 Å². The smallest absolute Gasteiger partial charge is 0.263 e. The van der Waals surface area contributed by atoms with E-state index >= 15 is 0 Å². The van der Waals surface area contributed by atoms with Crippen molar-refractivity contribution in [2.24, 2.45) is 0 Å². The van der Waals surface area contributed by atoms with Crippen molar-refractivity contribution < 1.29 is 17.5 Å². The minimum atomic E-state index is -3.74. The molecule has 1 aromatic heterocycles. The van der Waals surface area contributed by atoms with Gasteiger partial charge in [-0.25, -0.2) is 12.8 Å². The van der Waals surface area contributed by atoms with Crippen molar-refractivity contribution in [2.75, 3.05) is 35.9 Å². The Bertz CT molecular complexity index is 843. The van der Waals surface area contributed by atoms with E-state index in [4.69, 9.17) is 4.74 Å². The number of nitrogens with one attached hydrogen (secondary N) is 1. The summed E-state index contributed by atoms with van der Waals surface area (Å²) in [5, 5.41) is 0. The Morgan fingerprint density at radius 3 is 2.50 bits per heavy atom. The van der Waals surface area contributed by atoms with E-state index in [1.54, 1.807) is 19.1 Å². The summed E-state index contributed by atoms with van der Waals surface area (Å²) in [6.07, 6.45) is 0. The van der Waals surface area contributed by atoms with E-state index in [1.165, 1.54) is 23.5 Å². The molecule has 0 radical (unpaired) electrons. The van der Waals surface area contributed by atoms with E-state index < -0.39 is 15.8 Å². The maximum Gasteiger partial charge on any atom is 0.263 e. The third-order valence-corrected chi connectivity index (χ3v) is 6.40. The Morgan fingerprint density at radius 1 is 1.17 bits per heavy atom. The minimum Gasteiger partial charge on any atom is -0.378 e. The van der Waals surface area contributed by atoms with Gasteiger partial charge in [0, 0.05) is 28.5 Å². The average Bonchev–Trinajstić information content (AvgIpc) is 2.87. The monoisotopic (exact) mass is 370 g/mol. The fourth-order valence-corrected chi connectivity index (χ4v) is 5.32. The third kappa shape index (κ3) is 3.71. The molecule has 0 spiro atoms. The fourth-order valence-electron chi connectivity index (χ4n) is 2.72. The van der Waals surface area contributed by atoms with Crippen LogP contribution in [0, 0.1) is 19.7 Å². The van der Waals surface area contributed by atoms with E-state index in [1.807, 2.05) is 11.8 Å². The number of anilines is 2. The lowest BCUT2D eigenvalue weighted by molar-refractivity contribution is 0.122. The summed E-state index contributed by atoms with van der Waals surface area (Å²) < 4.78 is 46.9. The first-order valence-electron chi connectivity index (χ1n) is 7.58. The topological polar surface area (TPSA) is 58.6 Å². The van der Waals surface area contributed by atoms with Crippen LogP contribution < -0.4 is 9.62 Å². The quantitative estimate of drug-likeness (QED) is 0.898. The van der Waals surface area contributed by atoms with Crippen molar-refractivity contribution in [3.05, 3.63) is 39.8 Å². The van der Waals surface area contributed by atoms with Gasteiger partial charge in [0.1, 0.15) is 10.7 Å². The summed E-state index contributed by atoms with van der Waals surface area (Å²) in [7, 11) is -3.74. The highest BCUT2D eigenvalue weighted by atomic mass is 32.2. The molecule has 2 heterocycles. The van der Waals surface area contributed by atoms with Crippen molar-refractivity contribution >= 4 is 32.7 Å². The second-order valence-corrected chi connectivity index (χ2v) is 8.79. The van der Waals surface area contributed by atoms with Crippen LogP contribution in [-0.4, -0.2) is 34.7 Å². The van der Waals surface area contributed by atoms with Crippen molar-refractivity contribution in [1.29, 1.82) is 0 Å². The molecule has 0 atom stereocenters. The lowest BCUT2D eigenvalue weighted by atomic mass is 10.2. The Hall–Kier alpha value is -1.64. The van der Waals surface area contributed by atoms with Gasteiger partial charge in [-0.15, -0.1) is 11.3 Å². The van der Waals surface area contributed by atoms with Gasteiger partial charge in [0.15, 0.2) is 0 Å². The normalized spacial score (nSPS) is 15.5. The molecule has 0 bridgehead atoms. The maximum atomic E-state index is 14.0. The molecular formula is C16H19FN2O3S2. The molecule has 1 aliphatic rings. The van der Waals surface area contributed by atoms with E-state index in [-0.39, 0.29) is 10.6 Å². The molecule has 5 nitrogen and oxygen atoms in total. The van der Waals surface area contributed by atoms with E-state index in [2.05, 4.69) is 4.72 Å². The van der Waals surface area contributed by atoms with Crippen LogP contribution >= 0.6 is 11.3 Å². The molecule has 1 fully saturated rings. The second kappa shape index (κ2) is 6.70. The van der Waals surface area contributed by atoms with Gasteiger partial charge in [-0.2, -0.15) is 0 Å².